The molecule has 1 aromatic heterocycles. The summed E-state index contributed by atoms with van der Waals surface area (Å²) >= 11 is 3.48. The number of aromatic nitrogens is 2. The molecule has 35 heavy (non-hydrogen) atoms. The normalized spacial score (nSPS) is 12.3. The van der Waals surface area contributed by atoms with Gasteiger partial charge in [0, 0.05) is 24.3 Å². The molecule has 0 bridgehead atoms. The summed E-state index contributed by atoms with van der Waals surface area (Å²) < 4.78 is 40.4. The number of rotatable bonds is 10. The zero-order valence-electron chi connectivity index (χ0n) is 20.1. The Kier molecular flexibility index (Phi) is 9.07. The molecule has 1 amide bonds. The highest BCUT2D eigenvalue weighted by Crippen LogP contribution is 2.53. The molecule has 0 saturated carbocycles. The first-order valence-electron chi connectivity index (χ1n) is 10.5. The first-order chi connectivity index (χ1) is 16.8. The Balaban J connectivity index is 2.03. The van der Waals surface area contributed by atoms with E-state index in [9.17, 15) is 9.36 Å². The van der Waals surface area contributed by atoms with Crippen LogP contribution < -0.4 is 9.47 Å². The number of carbonyl (C=O) groups excluding carboxylic acids is 1. The van der Waals surface area contributed by atoms with E-state index < -0.39 is 19.5 Å². The highest BCUT2D eigenvalue weighted by molar-refractivity contribution is 9.10. The number of methoxy groups -OCH3 is 2. The van der Waals surface area contributed by atoms with Gasteiger partial charge in [-0.25, -0.2) is 14.8 Å². The van der Waals surface area contributed by atoms with E-state index in [-0.39, 0.29) is 24.9 Å². The topological polar surface area (TPSA) is 109 Å². The van der Waals surface area contributed by atoms with Gasteiger partial charge in [-0.1, -0.05) is 46.3 Å². The van der Waals surface area contributed by atoms with Crippen molar-refractivity contribution in [3.63, 3.8) is 0 Å². The molecule has 0 unspecified atom stereocenters. The van der Waals surface area contributed by atoms with Crippen LogP contribution in [0.2, 0.25) is 0 Å². The van der Waals surface area contributed by atoms with Gasteiger partial charge in [0.2, 0.25) is 0 Å². The second-order valence-electron chi connectivity index (χ2n) is 7.38. The third-order valence-electron chi connectivity index (χ3n) is 5.34. The van der Waals surface area contributed by atoms with Crippen LogP contribution in [0.25, 0.3) is 11.0 Å². The van der Waals surface area contributed by atoms with Crippen LogP contribution in [-0.2, 0) is 31.5 Å². The first-order valence-corrected chi connectivity index (χ1v) is 12.9. The third-order valence-corrected chi connectivity index (χ3v) is 8.01. The zero-order valence-corrected chi connectivity index (χ0v) is 22.5. The van der Waals surface area contributed by atoms with E-state index in [2.05, 4.69) is 25.9 Å². The fraction of sp³-hybridized carbons (Fsp3) is 0.348. The SMILES string of the molecule is COc1nc2cc(Br)cc(CN(C(=O)OCc3ccccc3)[C@H](C)P(=O)(OC)OC)c2nc1OC. The summed E-state index contributed by atoms with van der Waals surface area (Å²) in [5.74, 6) is -0.558. The molecule has 188 valence electrons. The summed E-state index contributed by atoms with van der Waals surface area (Å²) in [6.07, 6.45) is -0.697. The number of fused-ring (bicyclic) bond motifs is 1. The summed E-state index contributed by atoms with van der Waals surface area (Å²) in [5, 5.41) is 0. The summed E-state index contributed by atoms with van der Waals surface area (Å²) in [4.78, 5) is 23.5. The van der Waals surface area contributed by atoms with Gasteiger partial charge in [0.1, 0.15) is 12.4 Å². The molecule has 0 radical (unpaired) electrons. The minimum absolute atomic E-state index is 0.0222. The summed E-state index contributed by atoms with van der Waals surface area (Å²) in [5.41, 5.74) is 2.40. The lowest BCUT2D eigenvalue weighted by Gasteiger charge is -2.32. The van der Waals surface area contributed by atoms with Crippen LogP contribution in [-0.4, -0.2) is 55.2 Å². The van der Waals surface area contributed by atoms with Gasteiger partial charge in [-0.2, -0.15) is 0 Å². The van der Waals surface area contributed by atoms with Gasteiger partial charge in [-0.3, -0.25) is 9.46 Å². The van der Waals surface area contributed by atoms with Gasteiger partial charge in [-0.15, -0.1) is 0 Å². The van der Waals surface area contributed by atoms with Crippen LogP contribution in [0, 0.1) is 0 Å². The maximum Gasteiger partial charge on any atom is 0.411 e. The van der Waals surface area contributed by atoms with Crippen molar-refractivity contribution in [2.24, 2.45) is 0 Å². The molecule has 0 saturated heterocycles. The van der Waals surface area contributed by atoms with E-state index in [1.165, 1.54) is 33.3 Å². The highest BCUT2D eigenvalue weighted by Gasteiger charge is 2.38. The molecule has 0 spiro atoms. The van der Waals surface area contributed by atoms with Crippen molar-refractivity contribution in [1.29, 1.82) is 0 Å². The van der Waals surface area contributed by atoms with E-state index in [0.29, 0.717) is 21.1 Å². The van der Waals surface area contributed by atoms with Crippen molar-refractivity contribution in [1.82, 2.24) is 14.9 Å². The van der Waals surface area contributed by atoms with Crippen molar-refractivity contribution in [2.45, 2.75) is 25.9 Å². The number of ether oxygens (including phenoxy) is 3. The minimum Gasteiger partial charge on any atom is -0.477 e. The fourth-order valence-electron chi connectivity index (χ4n) is 3.43. The molecule has 3 rings (SSSR count). The molecule has 1 heterocycles. The Morgan fingerprint density at radius 2 is 1.66 bits per heavy atom. The fourth-order valence-corrected chi connectivity index (χ4v) is 5.20. The number of nitrogens with zero attached hydrogens (tertiary/aromatic N) is 3. The smallest absolute Gasteiger partial charge is 0.411 e. The number of amides is 1. The quantitative estimate of drug-likeness (QED) is 0.298. The average molecular weight is 568 g/mol. The maximum absolute atomic E-state index is 13.3. The van der Waals surface area contributed by atoms with Crippen molar-refractivity contribution < 1.29 is 32.6 Å². The molecule has 10 nitrogen and oxygen atoms in total. The standard InChI is InChI=1S/C23H27BrN3O7P/c1-15(35(29,32-4)33-5)27(23(28)34-14-16-9-7-6-8-10-16)13-17-11-18(24)12-19-20(17)26-22(31-3)21(25-19)30-2/h6-12,15H,13-14H2,1-5H3/t15-/m0/s1. The molecule has 1 atom stereocenters. The number of hydrogen-bond acceptors (Lipinski definition) is 9. The molecular formula is C23H27BrN3O7P. The molecule has 12 heteroatoms. The number of benzene rings is 2. The van der Waals surface area contributed by atoms with Gasteiger partial charge in [-0.05, 0) is 24.6 Å². The summed E-state index contributed by atoms with van der Waals surface area (Å²) in [6, 6.07) is 12.8. The largest absolute Gasteiger partial charge is 0.477 e. The molecule has 3 aromatic rings. The van der Waals surface area contributed by atoms with E-state index in [1.54, 1.807) is 19.1 Å². The Bertz CT molecular complexity index is 1220. The minimum atomic E-state index is -3.68. The number of halogens is 1. The van der Waals surface area contributed by atoms with E-state index in [0.717, 1.165) is 5.56 Å². The second-order valence-corrected chi connectivity index (χ2v) is 10.9. The monoisotopic (exact) mass is 567 g/mol. The molecule has 0 aliphatic carbocycles. The van der Waals surface area contributed by atoms with Crippen molar-refractivity contribution in [3.8, 4) is 11.8 Å². The first kappa shape index (κ1) is 26.9. The Morgan fingerprint density at radius 3 is 2.26 bits per heavy atom. The van der Waals surface area contributed by atoms with Crippen molar-refractivity contribution in [3.05, 3.63) is 58.1 Å². The number of hydrogen-bond donors (Lipinski definition) is 0. The zero-order chi connectivity index (χ0) is 25.6. The Labute approximate surface area is 212 Å². The second kappa shape index (κ2) is 11.8. The van der Waals surface area contributed by atoms with Crippen LogP contribution in [0.1, 0.15) is 18.1 Å². The third kappa shape index (κ3) is 6.10. The predicted molar refractivity (Wildman–Crippen MR) is 134 cm³/mol. The van der Waals surface area contributed by atoms with E-state index >= 15 is 0 Å². The number of carbonyl (C=O) groups is 1. The lowest BCUT2D eigenvalue weighted by atomic mass is 10.1. The lowest BCUT2D eigenvalue weighted by molar-refractivity contribution is 0.0849. The van der Waals surface area contributed by atoms with Gasteiger partial charge in [0.05, 0.1) is 31.8 Å². The molecule has 0 N–H and O–H groups in total. The average Bonchev–Trinajstić information content (AvgIpc) is 2.89. The maximum atomic E-state index is 13.3. The highest BCUT2D eigenvalue weighted by atomic mass is 79.9. The van der Waals surface area contributed by atoms with Gasteiger partial charge in [0.25, 0.3) is 11.8 Å². The summed E-state index contributed by atoms with van der Waals surface area (Å²) in [6.45, 7) is 1.59. The van der Waals surface area contributed by atoms with Crippen LogP contribution in [0.3, 0.4) is 0 Å². The van der Waals surface area contributed by atoms with Crippen molar-refractivity contribution >= 4 is 40.7 Å². The molecule has 0 fully saturated rings. The van der Waals surface area contributed by atoms with E-state index in [4.69, 9.17) is 23.3 Å². The molecule has 0 aliphatic heterocycles. The van der Waals surface area contributed by atoms with Crippen LogP contribution in [0.15, 0.2) is 46.9 Å². The predicted octanol–water partition coefficient (Wildman–Crippen LogP) is 5.38. The van der Waals surface area contributed by atoms with Crippen LogP contribution in [0.4, 0.5) is 4.79 Å². The summed E-state index contributed by atoms with van der Waals surface area (Å²) in [7, 11) is 1.78. The Hall–Kier alpha value is -2.72. The van der Waals surface area contributed by atoms with Crippen molar-refractivity contribution in [2.75, 3.05) is 28.4 Å². The molecular weight excluding hydrogens is 541 g/mol. The van der Waals surface area contributed by atoms with Crippen LogP contribution in [0.5, 0.6) is 11.8 Å². The Morgan fingerprint density at radius 1 is 1.03 bits per heavy atom. The lowest BCUT2D eigenvalue weighted by Crippen LogP contribution is -2.39. The van der Waals surface area contributed by atoms with E-state index in [1.807, 2.05) is 30.3 Å². The van der Waals surface area contributed by atoms with Crippen LogP contribution >= 0.6 is 23.5 Å². The molecule has 2 aromatic carbocycles. The van der Waals surface area contributed by atoms with Gasteiger partial charge < -0.3 is 23.3 Å². The van der Waals surface area contributed by atoms with Gasteiger partial charge in [0.15, 0.2) is 0 Å². The van der Waals surface area contributed by atoms with Gasteiger partial charge >= 0.3 is 13.7 Å². The molecule has 0 aliphatic rings.